The molecule has 1 aromatic carbocycles. The summed E-state index contributed by atoms with van der Waals surface area (Å²) in [6, 6.07) is 11.3. The van der Waals surface area contributed by atoms with E-state index in [0.717, 1.165) is 28.7 Å². The lowest BCUT2D eigenvalue weighted by Gasteiger charge is -2.11. The van der Waals surface area contributed by atoms with Crippen molar-refractivity contribution >= 4 is 38.9 Å². The molecule has 0 atom stereocenters. The van der Waals surface area contributed by atoms with Gasteiger partial charge in [0.2, 0.25) is 0 Å². The van der Waals surface area contributed by atoms with Crippen molar-refractivity contribution in [3.05, 3.63) is 75.0 Å². The Morgan fingerprint density at radius 2 is 2.00 bits per heavy atom. The first-order valence-corrected chi connectivity index (χ1v) is 8.17. The van der Waals surface area contributed by atoms with Crippen LogP contribution in [0.2, 0.25) is 5.02 Å². The van der Waals surface area contributed by atoms with Gasteiger partial charge in [0.25, 0.3) is 0 Å². The van der Waals surface area contributed by atoms with Crippen molar-refractivity contribution in [3.8, 4) is 0 Å². The van der Waals surface area contributed by atoms with Crippen LogP contribution in [0.15, 0.2) is 58.8 Å². The first-order chi connectivity index (χ1) is 10.5. The Bertz CT molecular complexity index is 723. The summed E-state index contributed by atoms with van der Waals surface area (Å²) in [7, 11) is 0. The molecule has 0 amide bonds. The zero-order valence-electron chi connectivity index (χ0n) is 12.5. The summed E-state index contributed by atoms with van der Waals surface area (Å²) in [5.74, 6) is 0.215. The summed E-state index contributed by atoms with van der Waals surface area (Å²) in [5, 5.41) is 11.0. The van der Waals surface area contributed by atoms with Gasteiger partial charge in [-0.05, 0) is 47.0 Å². The van der Waals surface area contributed by atoms with E-state index in [-0.39, 0.29) is 5.76 Å². The number of allylic oxidation sites excluding steroid dienone is 3. The molecule has 2 nitrogen and oxygen atoms in total. The van der Waals surface area contributed by atoms with Gasteiger partial charge in [-0.1, -0.05) is 54.4 Å². The lowest BCUT2D eigenvalue weighted by Crippen LogP contribution is -1.92. The molecule has 0 saturated carbocycles. The number of benzene rings is 1. The Balaban J connectivity index is 2.56. The summed E-state index contributed by atoms with van der Waals surface area (Å²) >= 11 is 9.66. The lowest BCUT2D eigenvalue weighted by atomic mass is 9.98. The van der Waals surface area contributed by atoms with Crippen molar-refractivity contribution in [1.29, 1.82) is 0 Å². The number of hydrogen-bond donors (Lipinski definition) is 1. The number of halogens is 2. The smallest absolute Gasteiger partial charge is 0.123 e. The van der Waals surface area contributed by atoms with E-state index < -0.39 is 0 Å². The molecule has 0 radical (unpaired) electrons. The van der Waals surface area contributed by atoms with Crippen LogP contribution in [0.3, 0.4) is 0 Å². The maximum Gasteiger partial charge on any atom is 0.123 e. The van der Waals surface area contributed by atoms with Crippen LogP contribution >= 0.6 is 27.5 Å². The minimum atomic E-state index is 0.215. The fourth-order valence-corrected chi connectivity index (χ4v) is 2.61. The van der Waals surface area contributed by atoms with E-state index in [0.29, 0.717) is 9.63 Å². The standard InChI is InChI=1S/C18H17BrClNO/c1-3-12(2)14(15-10-18(19)21-11-16(15)20)9-17(22)13-7-5-4-6-8-13/h4-11,22H,3H2,1-2H3/b14-12?,17-9-. The maximum absolute atomic E-state index is 10.4. The number of nitrogens with zero attached hydrogens (tertiary/aromatic N) is 1. The zero-order chi connectivity index (χ0) is 16.1. The molecule has 1 heterocycles. The van der Waals surface area contributed by atoms with Gasteiger partial charge < -0.3 is 5.11 Å². The van der Waals surface area contributed by atoms with Gasteiger partial charge in [-0.3, -0.25) is 0 Å². The highest BCUT2D eigenvalue weighted by atomic mass is 79.9. The quantitative estimate of drug-likeness (QED) is 0.386. The van der Waals surface area contributed by atoms with Gasteiger partial charge in [0.1, 0.15) is 10.4 Å². The molecule has 2 rings (SSSR count). The minimum absolute atomic E-state index is 0.215. The topological polar surface area (TPSA) is 33.1 Å². The number of aliphatic hydroxyl groups excluding tert-OH is 1. The van der Waals surface area contributed by atoms with Crippen molar-refractivity contribution in [1.82, 2.24) is 4.98 Å². The highest BCUT2D eigenvalue weighted by Crippen LogP contribution is 2.31. The average Bonchev–Trinajstić information content (AvgIpc) is 2.55. The van der Waals surface area contributed by atoms with Gasteiger partial charge in [-0.2, -0.15) is 0 Å². The molecular weight excluding hydrogens is 362 g/mol. The van der Waals surface area contributed by atoms with Crippen molar-refractivity contribution < 1.29 is 5.11 Å². The van der Waals surface area contributed by atoms with E-state index in [1.165, 1.54) is 0 Å². The van der Waals surface area contributed by atoms with Crippen LogP contribution in [0, 0.1) is 0 Å². The SMILES string of the molecule is CCC(C)=C(/C=C(\O)c1ccccc1)c1cc(Br)ncc1Cl. The van der Waals surface area contributed by atoms with Crippen LogP contribution in [0.1, 0.15) is 31.4 Å². The largest absolute Gasteiger partial charge is 0.507 e. The number of hydrogen-bond acceptors (Lipinski definition) is 2. The second kappa shape index (κ2) is 7.61. The highest BCUT2D eigenvalue weighted by molar-refractivity contribution is 9.10. The fraction of sp³-hybridized carbons (Fsp3) is 0.167. The molecule has 0 unspecified atom stereocenters. The second-order valence-corrected chi connectivity index (χ2v) is 6.15. The van der Waals surface area contributed by atoms with E-state index in [1.54, 1.807) is 12.3 Å². The van der Waals surface area contributed by atoms with Crippen LogP contribution in [0.4, 0.5) is 0 Å². The predicted octanol–water partition coefficient (Wildman–Crippen LogP) is 6.28. The first kappa shape index (κ1) is 16.8. The Labute approximate surface area is 144 Å². The Hall–Kier alpha value is -1.58. The van der Waals surface area contributed by atoms with Crippen molar-refractivity contribution in [3.63, 3.8) is 0 Å². The van der Waals surface area contributed by atoms with Crippen LogP contribution in [-0.4, -0.2) is 10.1 Å². The predicted molar refractivity (Wildman–Crippen MR) is 96.9 cm³/mol. The molecule has 4 heteroatoms. The van der Waals surface area contributed by atoms with Crippen LogP contribution in [0.5, 0.6) is 0 Å². The van der Waals surface area contributed by atoms with Crippen LogP contribution in [0.25, 0.3) is 11.3 Å². The Kier molecular flexibility index (Phi) is 5.81. The van der Waals surface area contributed by atoms with E-state index in [1.807, 2.05) is 43.3 Å². The summed E-state index contributed by atoms with van der Waals surface area (Å²) in [6.07, 6.45) is 4.24. The van der Waals surface area contributed by atoms with E-state index in [9.17, 15) is 5.11 Å². The highest BCUT2D eigenvalue weighted by Gasteiger charge is 2.11. The minimum Gasteiger partial charge on any atom is -0.507 e. The van der Waals surface area contributed by atoms with Crippen molar-refractivity contribution in [2.75, 3.05) is 0 Å². The Morgan fingerprint density at radius 1 is 1.32 bits per heavy atom. The number of pyridine rings is 1. The third kappa shape index (κ3) is 3.99. The lowest BCUT2D eigenvalue weighted by molar-refractivity contribution is 0.512. The molecule has 0 spiro atoms. The van der Waals surface area contributed by atoms with Gasteiger partial charge in [-0.15, -0.1) is 0 Å². The van der Waals surface area contributed by atoms with Gasteiger partial charge >= 0.3 is 0 Å². The van der Waals surface area contributed by atoms with Gasteiger partial charge in [0.05, 0.1) is 5.02 Å². The van der Waals surface area contributed by atoms with Gasteiger partial charge in [-0.25, -0.2) is 4.98 Å². The molecule has 0 bridgehead atoms. The molecule has 0 saturated heterocycles. The van der Waals surface area contributed by atoms with Crippen molar-refractivity contribution in [2.45, 2.75) is 20.3 Å². The van der Waals surface area contributed by atoms with E-state index >= 15 is 0 Å². The average molecular weight is 379 g/mol. The van der Waals surface area contributed by atoms with Crippen molar-refractivity contribution in [2.24, 2.45) is 0 Å². The molecule has 0 aliphatic heterocycles. The summed E-state index contributed by atoms with van der Waals surface area (Å²) in [4.78, 5) is 4.12. The van der Waals surface area contributed by atoms with Gasteiger partial charge in [0, 0.05) is 17.3 Å². The van der Waals surface area contributed by atoms with Gasteiger partial charge in [0.15, 0.2) is 0 Å². The molecule has 2 aromatic rings. The third-order valence-corrected chi connectivity index (χ3v) is 4.19. The summed E-state index contributed by atoms with van der Waals surface area (Å²) in [6.45, 7) is 4.11. The van der Waals surface area contributed by atoms with Crippen LogP contribution in [-0.2, 0) is 0 Å². The molecular formula is C18H17BrClNO. The first-order valence-electron chi connectivity index (χ1n) is 7.00. The number of aromatic nitrogens is 1. The monoisotopic (exact) mass is 377 g/mol. The van der Waals surface area contributed by atoms with Crippen LogP contribution < -0.4 is 0 Å². The molecule has 22 heavy (non-hydrogen) atoms. The molecule has 0 fully saturated rings. The zero-order valence-corrected chi connectivity index (χ0v) is 14.8. The van der Waals surface area contributed by atoms with E-state index in [4.69, 9.17) is 11.6 Å². The maximum atomic E-state index is 10.4. The molecule has 114 valence electrons. The molecule has 0 aliphatic rings. The number of aliphatic hydroxyl groups is 1. The summed E-state index contributed by atoms with van der Waals surface area (Å²) in [5.41, 5.74) is 3.68. The molecule has 1 N–H and O–H groups in total. The Morgan fingerprint density at radius 3 is 2.64 bits per heavy atom. The normalized spacial score (nSPS) is 13.0. The number of rotatable bonds is 4. The second-order valence-electron chi connectivity index (χ2n) is 4.93. The molecule has 0 aliphatic carbocycles. The third-order valence-electron chi connectivity index (χ3n) is 3.45. The summed E-state index contributed by atoms with van der Waals surface area (Å²) < 4.78 is 0.709. The fourth-order valence-electron chi connectivity index (χ4n) is 2.07. The van der Waals surface area contributed by atoms with E-state index in [2.05, 4.69) is 27.8 Å². The molecule has 1 aromatic heterocycles.